The van der Waals surface area contributed by atoms with Crippen molar-refractivity contribution in [3.8, 4) is 0 Å². The quantitative estimate of drug-likeness (QED) is 0.532. The van der Waals surface area contributed by atoms with Crippen molar-refractivity contribution in [2.24, 2.45) is 0 Å². The van der Waals surface area contributed by atoms with Gasteiger partial charge < -0.3 is 20.3 Å². The number of nitrogens with one attached hydrogen (secondary N) is 2. The molecular weight excluding hydrogens is 451 g/mol. The molecule has 4 rings (SSSR count). The van der Waals surface area contributed by atoms with Crippen molar-refractivity contribution in [2.45, 2.75) is 6.04 Å². The lowest BCUT2D eigenvalue weighted by Gasteiger charge is -2.40. The molecule has 0 spiro atoms. The van der Waals surface area contributed by atoms with Gasteiger partial charge in [0.25, 0.3) is 0 Å². The number of para-hydroxylation sites is 1. The van der Waals surface area contributed by atoms with Gasteiger partial charge in [-0.15, -0.1) is 0 Å². The standard InChI is InChI=1S/C25H33FN6O3/c26-21-5-1-2-6-22(21)31-10-12-32(13-11-31)23(20-4-3-7-27-18-20)19-29-25(34)24(33)28-8-9-30-14-16-35-17-15-30/h1-7,18,23H,8-17,19H2,(H,28,33)(H,29,34). The second kappa shape index (κ2) is 12.6. The van der Waals surface area contributed by atoms with Crippen molar-refractivity contribution < 1.29 is 18.7 Å². The summed E-state index contributed by atoms with van der Waals surface area (Å²) in [4.78, 5) is 35.5. The van der Waals surface area contributed by atoms with Crippen LogP contribution in [-0.2, 0) is 14.3 Å². The Kier molecular flexibility index (Phi) is 8.99. The maximum atomic E-state index is 14.2. The zero-order valence-electron chi connectivity index (χ0n) is 19.9. The van der Waals surface area contributed by atoms with Crippen LogP contribution in [0.1, 0.15) is 11.6 Å². The Balaban J connectivity index is 1.30. The third-order valence-corrected chi connectivity index (χ3v) is 6.50. The number of aromatic nitrogens is 1. The number of amides is 2. The van der Waals surface area contributed by atoms with Gasteiger partial charge >= 0.3 is 11.8 Å². The molecule has 188 valence electrons. The number of pyridine rings is 1. The molecule has 3 heterocycles. The number of halogens is 1. The summed E-state index contributed by atoms with van der Waals surface area (Å²) in [6, 6.07) is 10.5. The number of piperazine rings is 1. The number of carbonyl (C=O) groups is 2. The van der Waals surface area contributed by atoms with Gasteiger partial charge in [-0.25, -0.2) is 4.39 Å². The first-order valence-electron chi connectivity index (χ1n) is 12.1. The Morgan fingerprint density at radius 3 is 2.43 bits per heavy atom. The molecule has 1 aromatic carbocycles. The second-order valence-electron chi connectivity index (χ2n) is 8.70. The van der Waals surface area contributed by atoms with Crippen LogP contribution in [0.3, 0.4) is 0 Å². The largest absolute Gasteiger partial charge is 0.379 e. The van der Waals surface area contributed by atoms with Gasteiger partial charge in [-0.1, -0.05) is 18.2 Å². The molecule has 2 fully saturated rings. The highest BCUT2D eigenvalue weighted by Gasteiger charge is 2.27. The van der Waals surface area contributed by atoms with E-state index in [1.54, 1.807) is 24.5 Å². The molecule has 35 heavy (non-hydrogen) atoms. The normalized spacial score (nSPS) is 18.1. The highest BCUT2D eigenvalue weighted by atomic mass is 19.1. The predicted molar refractivity (Wildman–Crippen MR) is 130 cm³/mol. The molecule has 1 atom stereocenters. The Morgan fingerprint density at radius 2 is 1.71 bits per heavy atom. The molecule has 2 amide bonds. The van der Waals surface area contributed by atoms with Crippen LogP contribution in [0.4, 0.5) is 10.1 Å². The van der Waals surface area contributed by atoms with Crippen LogP contribution in [0.2, 0.25) is 0 Å². The molecule has 0 aliphatic carbocycles. The van der Waals surface area contributed by atoms with E-state index in [-0.39, 0.29) is 18.4 Å². The van der Waals surface area contributed by atoms with E-state index in [1.165, 1.54) is 6.07 Å². The number of nitrogens with zero attached hydrogens (tertiary/aromatic N) is 4. The summed E-state index contributed by atoms with van der Waals surface area (Å²) in [7, 11) is 0. The Bertz CT molecular complexity index is 965. The second-order valence-corrected chi connectivity index (χ2v) is 8.70. The summed E-state index contributed by atoms with van der Waals surface area (Å²) in [5.41, 5.74) is 1.56. The van der Waals surface area contributed by atoms with Gasteiger partial charge in [-0.05, 0) is 23.8 Å². The topological polar surface area (TPSA) is 90.0 Å². The lowest BCUT2D eigenvalue weighted by molar-refractivity contribution is -0.139. The van der Waals surface area contributed by atoms with E-state index in [1.807, 2.05) is 23.1 Å². The van der Waals surface area contributed by atoms with Gasteiger partial charge in [-0.2, -0.15) is 0 Å². The van der Waals surface area contributed by atoms with Gasteiger partial charge in [0.15, 0.2) is 0 Å². The molecule has 1 aromatic heterocycles. The first-order valence-corrected chi connectivity index (χ1v) is 12.1. The average molecular weight is 485 g/mol. The van der Waals surface area contributed by atoms with Crippen LogP contribution >= 0.6 is 0 Å². The summed E-state index contributed by atoms with van der Waals surface area (Å²) < 4.78 is 19.5. The van der Waals surface area contributed by atoms with E-state index >= 15 is 0 Å². The first-order chi connectivity index (χ1) is 17.1. The molecule has 2 saturated heterocycles. The summed E-state index contributed by atoms with van der Waals surface area (Å²) in [6.07, 6.45) is 3.49. The zero-order chi connectivity index (χ0) is 24.5. The molecule has 9 nitrogen and oxygen atoms in total. The number of hydrogen-bond donors (Lipinski definition) is 2. The van der Waals surface area contributed by atoms with Gasteiger partial charge in [0.2, 0.25) is 0 Å². The van der Waals surface area contributed by atoms with Crippen LogP contribution in [0.15, 0.2) is 48.8 Å². The summed E-state index contributed by atoms with van der Waals surface area (Å²) in [6.45, 7) is 7.13. The predicted octanol–water partition coefficient (Wildman–Crippen LogP) is 0.649. The van der Waals surface area contributed by atoms with Gasteiger partial charge in [0.05, 0.1) is 24.9 Å². The van der Waals surface area contributed by atoms with Crippen LogP contribution < -0.4 is 15.5 Å². The number of ether oxygens (including phenoxy) is 1. The fraction of sp³-hybridized carbons (Fsp3) is 0.480. The molecular formula is C25H33FN6O3. The van der Waals surface area contributed by atoms with E-state index < -0.39 is 11.8 Å². The molecule has 0 radical (unpaired) electrons. The van der Waals surface area contributed by atoms with Crippen LogP contribution in [0.5, 0.6) is 0 Å². The molecule has 2 aliphatic heterocycles. The minimum absolute atomic E-state index is 0.142. The molecule has 0 saturated carbocycles. The van der Waals surface area contributed by atoms with Gasteiger partial charge in [0.1, 0.15) is 5.82 Å². The SMILES string of the molecule is O=C(NCCN1CCOCC1)C(=O)NCC(c1cccnc1)N1CCN(c2ccccc2F)CC1. The number of rotatable bonds is 8. The van der Waals surface area contributed by atoms with E-state index in [4.69, 9.17) is 4.74 Å². The average Bonchev–Trinajstić information content (AvgIpc) is 2.90. The van der Waals surface area contributed by atoms with Crippen LogP contribution in [0, 0.1) is 5.82 Å². The molecule has 1 unspecified atom stereocenters. The lowest BCUT2D eigenvalue weighted by Crippen LogP contribution is -2.51. The third kappa shape index (κ3) is 6.97. The van der Waals surface area contributed by atoms with Crippen molar-refractivity contribution >= 4 is 17.5 Å². The summed E-state index contributed by atoms with van der Waals surface area (Å²) >= 11 is 0. The molecule has 10 heteroatoms. The smallest absolute Gasteiger partial charge is 0.309 e. The minimum Gasteiger partial charge on any atom is -0.379 e. The number of anilines is 1. The zero-order valence-corrected chi connectivity index (χ0v) is 19.9. The highest BCUT2D eigenvalue weighted by Crippen LogP contribution is 2.25. The Hall–Kier alpha value is -3.08. The van der Waals surface area contributed by atoms with Crippen molar-refractivity contribution in [1.82, 2.24) is 25.4 Å². The maximum absolute atomic E-state index is 14.2. The van der Waals surface area contributed by atoms with Crippen molar-refractivity contribution in [1.29, 1.82) is 0 Å². The maximum Gasteiger partial charge on any atom is 0.309 e. The number of morpholine rings is 1. The van der Waals surface area contributed by atoms with Crippen LogP contribution in [0.25, 0.3) is 0 Å². The van der Waals surface area contributed by atoms with Crippen molar-refractivity contribution in [3.63, 3.8) is 0 Å². The molecule has 0 bridgehead atoms. The first kappa shape index (κ1) is 25.0. The number of hydrogen-bond acceptors (Lipinski definition) is 7. The van der Waals surface area contributed by atoms with Crippen LogP contribution in [-0.4, -0.2) is 98.7 Å². The van der Waals surface area contributed by atoms with E-state index in [0.717, 1.165) is 18.7 Å². The summed E-state index contributed by atoms with van der Waals surface area (Å²) in [5, 5.41) is 5.49. The van der Waals surface area contributed by atoms with Gasteiger partial charge in [-0.3, -0.25) is 24.4 Å². The number of benzene rings is 1. The van der Waals surface area contributed by atoms with E-state index in [0.29, 0.717) is 58.2 Å². The van der Waals surface area contributed by atoms with E-state index in [2.05, 4.69) is 25.4 Å². The van der Waals surface area contributed by atoms with Crippen molar-refractivity contribution in [2.75, 3.05) is 77.0 Å². The fourth-order valence-electron chi connectivity index (χ4n) is 4.52. The van der Waals surface area contributed by atoms with Gasteiger partial charge in [0, 0.05) is 71.3 Å². The minimum atomic E-state index is -0.647. The highest BCUT2D eigenvalue weighted by molar-refractivity contribution is 6.35. The monoisotopic (exact) mass is 484 g/mol. The molecule has 2 N–H and O–H groups in total. The molecule has 2 aromatic rings. The number of carbonyl (C=O) groups excluding carboxylic acids is 2. The van der Waals surface area contributed by atoms with Crippen molar-refractivity contribution in [3.05, 3.63) is 60.2 Å². The Labute approximate surface area is 205 Å². The van der Waals surface area contributed by atoms with E-state index in [9.17, 15) is 14.0 Å². The summed E-state index contributed by atoms with van der Waals surface area (Å²) in [5.74, 6) is -1.50. The molecule has 2 aliphatic rings. The Morgan fingerprint density at radius 1 is 0.971 bits per heavy atom. The lowest BCUT2D eigenvalue weighted by atomic mass is 10.1. The third-order valence-electron chi connectivity index (χ3n) is 6.50. The fourth-order valence-corrected chi connectivity index (χ4v) is 4.52.